The molecule has 1 aromatic heterocycles. The van der Waals surface area contributed by atoms with Gasteiger partial charge in [-0.15, -0.1) is 0 Å². The highest BCUT2D eigenvalue weighted by molar-refractivity contribution is 5.97. The molecule has 2 aromatic carbocycles. The maximum Gasteiger partial charge on any atom is 0.251 e. The number of aromatic nitrogens is 1. The molecule has 4 nitrogen and oxygen atoms in total. The number of rotatable bonds is 3. The van der Waals surface area contributed by atoms with Crippen molar-refractivity contribution < 1.29 is 9.21 Å². The van der Waals surface area contributed by atoms with Crippen LogP contribution in [0, 0.1) is 0 Å². The summed E-state index contributed by atoms with van der Waals surface area (Å²) in [6.45, 7) is 0. The van der Waals surface area contributed by atoms with Crippen molar-refractivity contribution in [2.24, 2.45) is 0 Å². The summed E-state index contributed by atoms with van der Waals surface area (Å²) < 4.78 is 5.80. The summed E-state index contributed by atoms with van der Waals surface area (Å²) in [6, 6.07) is 15.5. The van der Waals surface area contributed by atoms with Crippen LogP contribution in [0.2, 0.25) is 0 Å². The van der Waals surface area contributed by atoms with Gasteiger partial charge in [0.2, 0.25) is 5.89 Å². The summed E-state index contributed by atoms with van der Waals surface area (Å²) in [4.78, 5) is 17.0. The highest BCUT2D eigenvalue weighted by Crippen LogP contribution is 2.25. The van der Waals surface area contributed by atoms with Gasteiger partial charge in [0.05, 0.1) is 0 Å². The summed E-state index contributed by atoms with van der Waals surface area (Å²) in [5.41, 5.74) is 2.98. The highest BCUT2D eigenvalue weighted by atomic mass is 16.3. The Labute approximate surface area is 140 Å². The minimum atomic E-state index is -0.0203. The third-order valence-electron chi connectivity index (χ3n) is 4.61. The molecule has 4 rings (SSSR count). The van der Waals surface area contributed by atoms with Crippen molar-refractivity contribution >= 4 is 17.0 Å². The zero-order chi connectivity index (χ0) is 16.4. The Balaban J connectivity index is 1.57. The maximum atomic E-state index is 12.5. The average Bonchev–Trinajstić information content (AvgIpc) is 3.06. The fraction of sp³-hybridized carbons (Fsp3) is 0.300. The smallest absolute Gasteiger partial charge is 0.251 e. The summed E-state index contributed by atoms with van der Waals surface area (Å²) in [5.74, 6) is 0.559. The van der Waals surface area contributed by atoms with Gasteiger partial charge < -0.3 is 9.73 Å². The molecule has 1 fully saturated rings. The van der Waals surface area contributed by atoms with E-state index in [-0.39, 0.29) is 5.91 Å². The van der Waals surface area contributed by atoms with Gasteiger partial charge in [-0.05, 0) is 43.2 Å². The van der Waals surface area contributed by atoms with Crippen LogP contribution in [0.25, 0.3) is 22.6 Å². The predicted octanol–water partition coefficient (Wildman–Crippen LogP) is 4.56. The highest BCUT2D eigenvalue weighted by Gasteiger charge is 2.17. The number of hydrogen-bond acceptors (Lipinski definition) is 3. The molecule has 4 heteroatoms. The zero-order valence-corrected chi connectivity index (χ0v) is 13.5. The first-order valence-corrected chi connectivity index (χ1v) is 8.56. The number of benzene rings is 2. The Bertz CT molecular complexity index is 848. The lowest BCUT2D eigenvalue weighted by molar-refractivity contribution is 0.0928. The molecule has 0 bridgehead atoms. The first-order chi connectivity index (χ1) is 11.8. The molecule has 1 amide bonds. The summed E-state index contributed by atoms with van der Waals surface area (Å²) in [7, 11) is 0. The van der Waals surface area contributed by atoms with Crippen LogP contribution in [0.1, 0.15) is 42.5 Å². The Hall–Kier alpha value is -2.62. The molecule has 0 radical (unpaired) electrons. The topological polar surface area (TPSA) is 55.1 Å². The van der Waals surface area contributed by atoms with Crippen molar-refractivity contribution in [2.45, 2.75) is 38.1 Å². The minimum Gasteiger partial charge on any atom is -0.436 e. The molecule has 0 unspecified atom stereocenters. The summed E-state index contributed by atoms with van der Waals surface area (Å²) in [6.07, 6.45) is 5.84. The Morgan fingerprint density at radius 3 is 2.62 bits per heavy atom. The van der Waals surface area contributed by atoms with E-state index in [1.54, 1.807) is 6.07 Å². The van der Waals surface area contributed by atoms with Crippen molar-refractivity contribution in [1.29, 1.82) is 0 Å². The number of nitrogens with one attached hydrogen (secondary N) is 1. The van der Waals surface area contributed by atoms with E-state index in [2.05, 4.69) is 10.3 Å². The zero-order valence-electron chi connectivity index (χ0n) is 13.5. The number of fused-ring (bicyclic) bond motifs is 1. The van der Waals surface area contributed by atoms with Gasteiger partial charge in [-0.2, -0.15) is 0 Å². The lowest BCUT2D eigenvalue weighted by atomic mass is 9.95. The van der Waals surface area contributed by atoms with Gasteiger partial charge in [0.25, 0.3) is 5.91 Å². The van der Waals surface area contributed by atoms with Crippen LogP contribution in [0.3, 0.4) is 0 Å². The third kappa shape index (κ3) is 3.04. The Morgan fingerprint density at radius 2 is 1.83 bits per heavy atom. The average molecular weight is 320 g/mol. The second-order valence-electron chi connectivity index (χ2n) is 6.38. The van der Waals surface area contributed by atoms with Crippen molar-refractivity contribution in [2.75, 3.05) is 0 Å². The fourth-order valence-electron chi connectivity index (χ4n) is 3.29. The molecular formula is C20H20N2O2. The van der Waals surface area contributed by atoms with Crippen molar-refractivity contribution in [1.82, 2.24) is 10.3 Å². The van der Waals surface area contributed by atoms with Gasteiger partial charge >= 0.3 is 0 Å². The van der Waals surface area contributed by atoms with Crippen LogP contribution < -0.4 is 5.32 Å². The number of oxazole rings is 1. The summed E-state index contributed by atoms with van der Waals surface area (Å²) >= 11 is 0. The quantitative estimate of drug-likeness (QED) is 0.770. The lowest BCUT2D eigenvalue weighted by Gasteiger charge is -2.22. The van der Waals surface area contributed by atoms with E-state index >= 15 is 0 Å². The van der Waals surface area contributed by atoms with E-state index < -0.39 is 0 Å². The van der Waals surface area contributed by atoms with Gasteiger partial charge in [-0.25, -0.2) is 4.98 Å². The van der Waals surface area contributed by atoms with Crippen LogP contribution >= 0.6 is 0 Å². The standard InChI is InChI=1S/C20H20N2O2/c23-19(21-16-9-5-2-6-10-16)15-11-12-18-17(13-15)22-20(24-18)14-7-3-1-4-8-14/h1,3-4,7-8,11-13,16H,2,5-6,9-10H2,(H,21,23). The predicted molar refractivity (Wildman–Crippen MR) is 93.8 cm³/mol. The van der Waals surface area contributed by atoms with E-state index in [1.807, 2.05) is 42.5 Å². The molecule has 0 saturated heterocycles. The van der Waals surface area contributed by atoms with E-state index in [9.17, 15) is 4.79 Å². The first-order valence-electron chi connectivity index (χ1n) is 8.56. The van der Waals surface area contributed by atoms with Crippen LogP contribution in [0.5, 0.6) is 0 Å². The molecule has 1 saturated carbocycles. The van der Waals surface area contributed by atoms with E-state index in [0.29, 0.717) is 28.6 Å². The molecule has 1 aliphatic rings. The van der Waals surface area contributed by atoms with Gasteiger partial charge in [0, 0.05) is 17.2 Å². The maximum absolute atomic E-state index is 12.5. The van der Waals surface area contributed by atoms with Crippen molar-refractivity contribution in [3.05, 3.63) is 54.1 Å². The van der Waals surface area contributed by atoms with Gasteiger partial charge in [0.15, 0.2) is 5.58 Å². The normalized spacial score (nSPS) is 15.5. The number of amides is 1. The molecule has 24 heavy (non-hydrogen) atoms. The molecule has 1 aliphatic carbocycles. The van der Waals surface area contributed by atoms with Crippen LogP contribution in [-0.2, 0) is 0 Å². The SMILES string of the molecule is O=C(NC1CCCCC1)c1ccc2oc(-c3ccccc3)nc2c1. The lowest BCUT2D eigenvalue weighted by Crippen LogP contribution is -2.36. The second-order valence-corrected chi connectivity index (χ2v) is 6.38. The molecule has 1 N–H and O–H groups in total. The third-order valence-corrected chi connectivity index (χ3v) is 4.61. The second kappa shape index (κ2) is 6.48. The molecule has 0 aliphatic heterocycles. The number of carbonyl (C=O) groups is 1. The largest absolute Gasteiger partial charge is 0.436 e. The minimum absolute atomic E-state index is 0.0203. The van der Waals surface area contributed by atoms with E-state index in [0.717, 1.165) is 18.4 Å². The van der Waals surface area contributed by atoms with Crippen LogP contribution in [0.15, 0.2) is 52.9 Å². The van der Waals surface area contributed by atoms with Crippen molar-refractivity contribution in [3.63, 3.8) is 0 Å². The Morgan fingerprint density at radius 1 is 1.04 bits per heavy atom. The summed E-state index contributed by atoms with van der Waals surface area (Å²) in [5, 5.41) is 3.14. The van der Waals surface area contributed by atoms with E-state index in [1.165, 1.54) is 19.3 Å². The fourth-order valence-corrected chi connectivity index (χ4v) is 3.29. The Kier molecular flexibility index (Phi) is 4.03. The molecule has 3 aromatic rings. The molecule has 122 valence electrons. The van der Waals surface area contributed by atoms with Crippen LogP contribution in [0.4, 0.5) is 0 Å². The van der Waals surface area contributed by atoms with Crippen LogP contribution in [-0.4, -0.2) is 16.9 Å². The number of hydrogen-bond donors (Lipinski definition) is 1. The molecule has 1 heterocycles. The van der Waals surface area contributed by atoms with Gasteiger partial charge in [0.1, 0.15) is 5.52 Å². The molecule has 0 spiro atoms. The monoisotopic (exact) mass is 320 g/mol. The first kappa shape index (κ1) is 14.9. The van der Waals surface area contributed by atoms with E-state index in [4.69, 9.17) is 4.42 Å². The molecular weight excluding hydrogens is 300 g/mol. The number of carbonyl (C=O) groups excluding carboxylic acids is 1. The van der Waals surface area contributed by atoms with Gasteiger partial charge in [-0.1, -0.05) is 37.5 Å². The molecule has 0 atom stereocenters. The number of nitrogens with zero attached hydrogens (tertiary/aromatic N) is 1. The van der Waals surface area contributed by atoms with Gasteiger partial charge in [-0.3, -0.25) is 4.79 Å². The van der Waals surface area contributed by atoms with Crippen molar-refractivity contribution in [3.8, 4) is 11.5 Å².